The molecule has 1 heterocycles. The van der Waals surface area contributed by atoms with Gasteiger partial charge >= 0.3 is 11.9 Å². The van der Waals surface area contributed by atoms with Crippen LogP contribution in [0, 0.1) is 0 Å². The van der Waals surface area contributed by atoms with E-state index in [0.29, 0.717) is 18.1 Å². The molecule has 1 fully saturated rings. The molecule has 10 heteroatoms. The van der Waals surface area contributed by atoms with Crippen LogP contribution in [0.1, 0.15) is 20.3 Å². The zero-order valence-corrected chi connectivity index (χ0v) is 16.9. The van der Waals surface area contributed by atoms with Crippen molar-refractivity contribution in [3.8, 4) is 0 Å². The summed E-state index contributed by atoms with van der Waals surface area (Å²) < 4.78 is 15.3. The average molecular weight is 406 g/mol. The van der Waals surface area contributed by atoms with Crippen molar-refractivity contribution in [3.05, 3.63) is 0 Å². The lowest BCUT2D eigenvalue weighted by Crippen LogP contribution is -2.44. The van der Waals surface area contributed by atoms with Gasteiger partial charge in [0.25, 0.3) is 0 Å². The average Bonchev–Trinajstić information content (AvgIpc) is 2.63. The van der Waals surface area contributed by atoms with Gasteiger partial charge in [-0.1, -0.05) is 0 Å². The van der Waals surface area contributed by atoms with E-state index in [0.717, 1.165) is 39.3 Å². The van der Waals surface area contributed by atoms with E-state index in [-0.39, 0.29) is 12.5 Å². The molecule has 0 aliphatic carbocycles. The van der Waals surface area contributed by atoms with E-state index in [2.05, 4.69) is 10.2 Å². The Hall–Kier alpha value is -1.36. The van der Waals surface area contributed by atoms with Crippen LogP contribution in [-0.2, 0) is 28.6 Å². The van der Waals surface area contributed by atoms with Crippen molar-refractivity contribution < 1.29 is 28.6 Å². The first-order valence-electron chi connectivity index (χ1n) is 9.10. The number of amides is 1. The summed E-state index contributed by atoms with van der Waals surface area (Å²) in [6.45, 7) is 7.47. The van der Waals surface area contributed by atoms with Crippen molar-refractivity contribution in [1.29, 1.82) is 0 Å². The molecule has 1 rings (SSSR count). The Morgan fingerprint density at radius 1 is 1.19 bits per heavy atom. The number of hydrogen-bond acceptors (Lipinski definition) is 9. The topological polar surface area (TPSA) is 120 Å². The highest BCUT2D eigenvalue weighted by molar-refractivity contribution is 7.99. The van der Waals surface area contributed by atoms with E-state index in [4.69, 9.17) is 19.9 Å². The summed E-state index contributed by atoms with van der Waals surface area (Å²) in [5.74, 6) is -0.313. The zero-order chi connectivity index (χ0) is 20.1. The number of carbonyl (C=O) groups excluding carboxylic acids is 3. The van der Waals surface area contributed by atoms with Crippen LogP contribution in [0.3, 0.4) is 0 Å². The normalized spacial score (nSPS) is 17.0. The molecule has 1 aliphatic heterocycles. The van der Waals surface area contributed by atoms with Gasteiger partial charge < -0.3 is 25.3 Å². The number of rotatable bonds is 12. The smallest absolute Gasteiger partial charge is 0.303 e. The fraction of sp³-hybridized carbons (Fsp3) is 0.824. The van der Waals surface area contributed by atoms with Gasteiger partial charge in [-0.25, -0.2) is 0 Å². The molecular formula is C17H31N3O6S. The predicted octanol–water partition coefficient (Wildman–Crippen LogP) is -0.620. The van der Waals surface area contributed by atoms with Crippen molar-refractivity contribution >= 4 is 29.6 Å². The third kappa shape index (κ3) is 11.9. The number of carbonyl (C=O) groups is 3. The predicted molar refractivity (Wildman–Crippen MR) is 102 cm³/mol. The van der Waals surface area contributed by atoms with E-state index >= 15 is 0 Å². The number of hydrogen-bond donors (Lipinski definition) is 2. The second kappa shape index (κ2) is 13.8. The first-order valence-corrected chi connectivity index (χ1v) is 10.3. The number of morpholine rings is 1. The third-order valence-electron chi connectivity index (χ3n) is 3.80. The maximum absolute atomic E-state index is 12.0. The molecule has 1 saturated heterocycles. The van der Waals surface area contributed by atoms with Crippen molar-refractivity contribution in [1.82, 2.24) is 10.2 Å². The van der Waals surface area contributed by atoms with Crippen LogP contribution in [0.5, 0.6) is 0 Å². The molecule has 1 aliphatic rings. The summed E-state index contributed by atoms with van der Waals surface area (Å²) in [5.41, 5.74) is 5.90. The summed E-state index contributed by atoms with van der Waals surface area (Å²) >= 11 is 1.38. The highest BCUT2D eigenvalue weighted by Crippen LogP contribution is 2.09. The number of nitrogens with one attached hydrogen (secondary N) is 1. The fourth-order valence-corrected chi connectivity index (χ4v) is 3.40. The molecule has 9 nitrogen and oxygen atoms in total. The van der Waals surface area contributed by atoms with E-state index < -0.39 is 24.1 Å². The number of thioether (sulfide) groups is 1. The van der Waals surface area contributed by atoms with Crippen LogP contribution in [0.25, 0.3) is 0 Å². The molecule has 0 bridgehead atoms. The summed E-state index contributed by atoms with van der Waals surface area (Å²) in [4.78, 5) is 36.3. The fourth-order valence-electron chi connectivity index (χ4n) is 2.43. The third-order valence-corrected chi connectivity index (χ3v) is 5.00. The van der Waals surface area contributed by atoms with E-state index in [1.54, 1.807) is 0 Å². The van der Waals surface area contributed by atoms with Crippen LogP contribution in [0.4, 0.5) is 0 Å². The summed E-state index contributed by atoms with van der Waals surface area (Å²) in [5, 5.41) is 2.84. The van der Waals surface area contributed by atoms with E-state index in [1.165, 1.54) is 25.6 Å². The summed E-state index contributed by atoms with van der Waals surface area (Å²) in [6.07, 6.45) is 0.308. The minimum Gasteiger partial charge on any atom is -0.462 e. The lowest BCUT2D eigenvalue weighted by Gasteiger charge is -2.26. The molecule has 2 unspecified atom stereocenters. The van der Waals surface area contributed by atoms with Crippen LogP contribution >= 0.6 is 11.8 Å². The molecular weight excluding hydrogens is 374 g/mol. The standard InChI is InChI=1S/C17H31N3O6S/c1-13(21)25-10-15(26-14(2)22)11-27-12-16(18)17(23)19-4-3-5-20-6-8-24-9-7-20/h15-16H,3-12,18H2,1-2H3,(H,19,23). The number of esters is 2. The minimum absolute atomic E-state index is 0.00904. The highest BCUT2D eigenvalue weighted by Gasteiger charge is 2.18. The maximum Gasteiger partial charge on any atom is 0.303 e. The second-order valence-electron chi connectivity index (χ2n) is 6.28. The molecule has 0 aromatic rings. The SMILES string of the molecule is CC(=O)OCC(CSCC(N)C(=O)NCCCN1CCOCC1)OC(C)=O. The van der Waals surface area contributed by atoms with Gasteiger partial charge in [-0.3, -0.25) is 19.3 Å². The Bertz CT molecular complexity index is 474. The number of ether oxygens (including phenoxy) is 3. The van der Waals surface area contributed by atoms with Gasteiger partial charge in [-0.15, -0.1) is 0 Å². The van der Waals surface area contributed by atoms with Gasteiger partial charge in [0, 0.05) is 45.0 Å². The van der Waals surface area contributed by atoms with Crippen LogP contribution in [0.15, 0.2) is 0 Å². The van der Waals surface area contributed by atoms with Gasteiger partial charge in [0.2, 0.25) is 5.91 Å². The van der Waals surface area contributed by atoms with Crippen molar-refractivity contribution in [2.24, 2.45) is 5.73 Å². The molecule has 27 heavy (non-hydrogen) atoms. The second-order valence-corrected chi connectivity index (χ2v) is 7.35. The monoisotopic (exact) mass is 405 g/mol. The molecule has 0 saturated carbocycles. The lowest BCUT2D eigenvalue weighted by atomic mass is 10.3. The van der Waals surface area contributed by atoms with Gasteiger partial charge in [0.15, 0.2) is 0 Å². The van der Waals surface area contributed by atoms with Crippen LogP contribution in [0.2, 0.25) is 0 Å². The van der Waals surface area contributed by atoms with E-state index in [9.17, 15) is 14.4 Å². The van der Waals surface area contributed by atoms with Crippen LogP contribution < -0.4 is 11.1 Å². The largest absolute Gasteiger partial charge is 0.462 e. The molecule has 0 aromatic heterocycles. The molecule has 156 valence electrons. The van der Waals surface area contributed by atoms with Gasteiger partial charge in [-0.2, -0.15) is 11.8 Å². The zero-order valence-electron chi connectivity index (χ0n) is 16.1. The van der Waals surface area contributed by atoms with Gasteiger partial charge in [0.1, 0.15) is 12.7 Å². The lowest BCUT2D eigenvalue weighted by molar-refractivity contribution is -0.154. The highest BCUT2D eigenvalue weighted by atomic mass is 32.2. The Balaban J connectivity index is 2.16. The van der Waals surface area contributed by atoms with Gasteiger partial charge in [0.05, 0.1) is 19.3 Å². The number of nitrogens with zero attached hydrogens (tertiary/aromatic N) is 1. The first-order chi connectivity index (χ1) is 12.9. The van der Waals surface area contributed by atoms with Crippen LogP contribution in [-0.4, -0.2) is 92.4 Å². The Kier molecular flexibility index (Phi) is 12.1. The molecule has 0 radical (unpaired) electrons. The molecule has 2 atom stereocenters. The Labute approximate surface area is 164 Å². The van der Waals surface area contributed by atoms with E-state index in [1.807, 2.05) is 0 Å². The van der Waals surface area contributed by atoms with Crippen molar-refractivity contribution in [2.45, 2.75) is 32.4 Å². The summed E-state index contributed by atoms with van der Waals surface area (Å²) in [7, 11) is 0. The van der Waals surface area contributed by atoms with Crippen molar-refractivity contribution in [3.63, 3.8) is 0 Å². The molecule has 0 spiro atoms. The molecule has 3 N–H and O–H groups in total. The Morgan fingerprint density at radius 3 is 2.52 bits per heavy atom. The number of nitrogens with two attached hydrogens (primary N) is 1. The molecule has 0 aromatic carbocycles. The first kappa shape index (κ1) is 23.7. The minimum atomic E-state index is -0.648. The quantitative estimate of drug-likeness (QED) is 0.323. The van der Waals surface area contributed by atoms with Crippen molar-refractivity contribution in [2.75, 3.05) is 57.5 Å². The van der Waals surface area contributed by atoms with Gasteiger partial charge in [-0.05, 0) is 13.0 Å². The maximum atomic E-state index is 12.0. The molecule has 1 amide bonds. The Morgan fingerprint density at radius 2 is 1.89 bits per heavy atom. The summed E-state index contributed by atoms with van der Waals surface area (Å²) in [6, 6.07) is -0.648.